The molecule has 0 aromatic heterocycles. The Kier molecular flexibility index (Phi) is 6.88. The van der Waals surface area contributed by atoms with Crippen molar-refractivity contribution < 1.29 is 9.69 Å². The lowest BCUT2D eigenvalue weighted by molar-refractivity contribution is -0.914. The monoisotopic (exact) mass is 366 g/mol. The van der Waals surface area contributed by atoms with Crippen molar-refractivity contribution in [3.05, 3.63) is 66.2 Å². The van der Waals surface area contributed by atoms with Crippen LogP contribution >= 0.6 is 0 Å². The first kappa shape index (κ1) is 19.4. The fraction of sp³-hybridized carbons (Fsp3) is 0.435. The van der Waals surface area contributed by atoms with Gasteiger partial charge in [-0.1, -0.05) is 55.5 Å². The van der Waals surface area contributed by atoms with Gasteiger partial charge < -0.3 is 15.1 Å². The minimum Gasteiger partial charge on any atom is -0.360 e. The summed E-state index contributed by atoms with van der Waals surface area (Å²) < 4.78 is 0. The molecule has 1 fully saturated rings. The molecule has 1 aliphatic heterocycles. The van der Waals surface area contributed by atoms with Gasteiger partial charge in [0.15, 0.2) is 6.04 Å². The number of benzene rings is 2. The third kappa shape index (κ3) is 5.10. The summed E-state index contributed by atoms with van der Waals surface area (Å²) in [6.45, 7) is 8.95. The zero-order chi connectivity index (χ0) is 19.1. The highest BCUT2D eigenvalue weighted by molar-refractivity contribution is 5.80. The standard InChI is InChI=1S/C23H31N3O/c1-3-20(21-10-6-4-7-11-21)18-24-23(27)19(2)25-14-16-26(17-15-25)22-12-8-5-9-13-22/h4-13,19-20H,3,14-18H2,1-2H3,(H,24,27)/p+1/t19-,20-/m0/s1. The van der Waals surface area contributed by atoms with Gasteiger partial charge in [0.1, 0.15) is 0 Å². The second-order valence-electron chi connectivity index (χ2n) is 7.46. The molecule has 0 aliphatic carbocycles. The van der Waals surface area contributed by atoms with E-state index >= 15 is 0 Å². The van der Waals surface area contributed by atoms with Crippen molar-refractivity contribution in [1.29, 1.82) is 0 Å². The maximum absolute atomic E-state index is 12.7. The minimum atomic E-state index is -0.00352. The van der Waals surface area contributed by atoms with Crippen LogP contribution in [0.3, 0.4) is 0 Å². The van der Waals surface area contributed by atoms with Gasteiger partial charge in [-0.15, -0.1) is 0 Å². The van der Waals surface area contributed by atoms with Crippen LogP contribution in [0, 0.1) is 0 Å². The Morgan fingerprint density at radius 3 is 2.22 bits per heavy atom. The van der Waals surface area contributed by atoms with E-state index < -0.39 is 0 Å². The molecule has 2 N–H and O–H groups in total. The Morgan fingerprint density at radius 2 is 1.63 bits per heavy atom. The average Bonchev–Trinajstić information content (AvgIpc) is 2.75. The first-order valence-corrected chi connectivity index (χ1v) is 10.2. The van der Waals surface area contributed by atoms with E-state index in [9.17, 15) is 4.79 Å². The lowest BCUT2D eigenvalue weighted by Gasteiger charge is -2.36. The summed E-state index contributed by atoms with van der Waals surface area (Å²) in [4.78, 5) is 16.5. The highest BCUT2D eigenvalue weighted by Crippen LogP contribution is 2.18. The number of nitrogens with zero attached hydrogens (tertiary/aromatic N) is 1. The van der Waals surface area contributed by atoms with Gasteiger partial charge >= 0.3 is 0 Å². The quantitative estimate of drug-likeness (QED) is 0.787. The molecule has 2 atom stereocenters. The van der Waals surface area contributed by atoms with Crippen LogP contribution in [-0.4, -0.2) is 44.7 Å². The van der Waals surface area contributed by atoms with E-state index in [-0.39, 0.29) is 11.9 Å². The fourth-order valence-electron chi connectivity index (χ4n) is 3.91. The second kappa shape index (κ2) is 9.56. The Labute approximate surface area is 163 Å². The third-order valence-electron chi connectivity index (χ3n) is 5.82. The Bertz CT molecular complexity index is 696. The van der Waals surface area contributed by atoms with E-state index in [4.69, 9.17) is 0 Å². The number of carbonyl (C=O) groups excluding carboxylic acids is 1. The van der Waals surface area contributed by atoms with Crippen molar-refractivity contribution in [2.45, 2.75) is 32.2 Å². The number of piperazine rings is 1. The number of rotatable bonds is 7. The summed E-state index contributed by atoms with van der Waals surface area (Å²) in [5, 5.41) is 3.20. The molecule has 3 rings (SSSR count). The van der Waals surface area contributed by atoms with Crippen LogP contribution < -0.4 is 15.1 Å². The molecule has 144 valence electrons. The Balaban J connectivity index is 1.48. The molecule has 2 aromatic carbocycles. The highest BCUT2D eigenvalue weighted by atomic mass is 16.2. The van der Waals surface area contributed by atoms with Gasteiger partial charge in [-0.2, -0.15) is 0 Å². The summed E-state index contributed by atoms with van der Waals surface area (Å²) in [6.07, 6.45) is 1.03. The number of para-hydroxylation sites is 1. The Morgan fingerprint density at radius 1 is 1.04 bits per heavy atom. The van der Waals surface area contributed by atoms with Crippen LogP contribution in [0.5, 0.6) is 0 Å². The first-order chi connectivity index (χ1) is 13.2. The lowest BCUT2D eigenvalue weighted by atomic mass is 9.96. The molecule has 1 heterocycles. The number of quaternary nitrogens is 1. The normalized spacial score (nSPS) is 17.3. The number of hydrogen-bond donors (Lipinski definition) is 2. The number of amides is 1. The van der Waals surface area contributed by atoms with Crippen molar-refractivity contribution >= 4 is 11.6 Å². The predicted octanol–water partition coefficient (Wildman–Crippen LogP) is 2.09. The van der Waals surface area contributed by atoms with Crippen LogP contribution in [0.4, 0.5) is 5.69 Å². The summed E-state index contributed by atoms with van der Waals surface area (Å²) in [6, 6.07) is 21.0. The molecule has 1 amide bonds. The lowest BCUT2D eigenvalue weighted by Crippen LogP contribution is -3.19. The van der Waals surface area contributed by atoms with E-state index in [1.54, 1.807) is 0 Å². The van der Waals surface area contributed by atoms with E-state index in [0.29, 0.717) is 12.5 Å². The molecule has 0 radical (unpaired) electrons. The number of hydrogen-bond acceptors (Lipinski definition) is 2. The van der Waals surface area contributed by atoms with Crippen molar-refractivity contribution in [2.75, 3.05) is 37.6 Å². The van der Waals surface area contributed by atoms with Crippen molar-refractivity contribution in [2.24, 2.45) is 0 Å². The first-order valence-electron chi connectivity index (χ1n) is 10.2. The molecule has 2 aromatic rings. The molecule has 4 nitrogen and oxygen atoms in total. The Hall–Kier alpha value is -2.33. The summed E-state index contributed by atoms with van der Waals surface area (Å²) in [5.41, 5.74) is 2.58. The van der Waals surface area contributed by atoms with Gasteiger partial charge in [0.2, 0.25) is 0 Å². The number of carbonyl (C=O) groups is 1. The molecule has 4 heteroatoms. The van der Waals surface area contributed by atoms with Gasteiger partial charge in [-0.3, -0.25) is 4.79 Å². The molecule has 0 saturated carbocycles. The van der Waals surface area contributed by atoms with Crippen molar-refractivity contribution in [1.82, 2.24) is 5.32 Å². The van der Waals surface area contributed by atoms with Gasteiger partial charge in [0.05, 0.1) is 26.2 Å². The van der Waals surface area contributed by atoms with E-state index in [1.807, 2.05) is 6.07 Å². The summed E-state index contributed by atoms with van der Waals surface area (Å²) in [5.74, 6) is 0.555. The topological polar surface area (TPSA) is 36.8 Å². The largest absolute Gasteiger partial charge is 0.360 e. The van der Waals surface area contributed by atoms with Crippen molar-refractivity contribution in [3.63, 3.8) is 0 Å². The molecule has 27 heavy (non-hydrogen) atoms. The molecule has 0 spiro atoms. The van der Waals surface area contributed by atoms with Gasteiger partial charge in [0.25, 0.3) is 5.91 Å². The summed E-state index contributed by atoms with van der Waals surface area (Å²) >= 11 is 0. The molecule has 1 saturated heterocycles. The van der Waals surface area contributed by atoms with Gasteiger partial charge in [-0.05, 0) is 31.0 Å². The van der Waals surface area contributed by atoms with E-state index in [1.165, 1.54) is 16.2 Å². The number of nitrogens with one attached hydrogen (secondary N) is 2. The molecule has 0 bridgehead atoms. The molecule has 0 unspecified atom stereocenters. The van der Waals surface area contributed by atoms with Crippen LogP contribution in [-0.2, 0) is 4.79 Å². The average molecular weight is 367 g/mol. The smallest absolute Gasteiger partial charge is 0.278 e. The SMILES string of the molecule is CC[C@@H](CNC(=O)[C@H](C)[NH+]1CCN(c2ccccc2)CC1)c1ccccc1. The van der Waals surface area contributed by atoms with Gasteiger partial charge in [-0.25, -0.2) is 0 Å². The molecular weight excluding hydrogens is 334 g/mol. The zero-order valence-electron chi connectivity index (χ0n) is 16.5. The van der Waals surface area contributed by atoms with Crippen molar-refractivity contribution in [3.8, 4) is 0 Å². The number of anilines is 1. The highest BCUT2D eigenvalue weighted by Gasteiger charge is 2.29. The maximum Gasteiger partial charge on any atom is 0.278 e. The van der Waals surface area contributed by atoms with E-state index in [0.717, 1.165) is 32.6 Å². The van der Waals surface area contributed by atoms with Gasteiger partial charge in [0, 0.05) is 18.2 Å². The fourth-order valence-corrected chi connectivity index (χ4v) is 3.91. The minimum absolute atomic E-state index is 0.00352. The maximum atomic E-state index is 12.7. The van der Waals surface area contributed by atoms with Crippen LogP contribution in [0.2, 0.25) is 0 Å². The zero-order valence-corrected chi connectivity index (χ0v) is 16.5. The van der Waals surface area contributed by atoms with Crippen LogP contribution in [0.15, 0.2) is 60.7 Å². The second-order valence-corrected chi connectivity index (χ2v) is 7.46. The summed E-state index contributed by atoms with van der Waals surface area (Å²) in [7, 11) is 0. The third-order valence-corrected chi connectivity index (χ3v) is 5.82. The van der Waals surface area contributed by atoms with E-state index in [2.05, 4.69) is 78.7 Å². The predicted molar refractivity (Wildman–Crippen MR) is 111 cm³/mol. The van der Waals surface area contributed by atoms with Crippen LogP contribution in [0.25, 0.3) is 0 Å². The molecule has 1 aliphatic rings. The van der Waals surface area contributed by atoms with Crippen LogP contribution in [0.1, 0.15) is 31.7 Å². The molecular formula is C23H32N3O+.